The lowest BCUT2D eigenvalue weighted by Crippen LogP contribution is -2.27. The predicted molar refractivity (Wildman–Crippen MR) is 116 cm³/mol. The number of ether oxygens (including phenoxy) is 1. The molecule has 0 amide bonds. The molecule has 152 valence electrons. The lowest BCUT2D eigenvalue weighted by Gasteiger charge is -2.33. The molecule has 0 aromatic carbocycles. The molecule has 0 unspecified atom stereocenters. The van der Waals surface area contributed by atoms with Crippen molar-refractivity contribution in [3.05, 3.63) is 32.9 Å². The van der Waals surface area contributed by atoms with Crippen LogP contribution in [0.15, 0.2) is 22.1 Å². The first-order valence-corrected chi connectivity index (χ1v) is 11.3. The molecule has 0 radical (unpaired) electrons. The highest BCUT2D eigenvalue weighted by atomic mass is 32.2. The van der Waals surface area contributed by atoms with Gasteiger partial charge in [0, 0.05) is 11.4 Å². The number of rotatable bonds is 5. The standard InChI is InChI=1S/C21H28N2O3S2/c1-12(2)10-23-19(25)17-14-8-7-13(21(3,4)5)9-15(14)28-18(17)22-20(23)27-11-16(24)26-6/h13H,1,7-11H2,2-6H3/t13-/m0/s1. The van der Waals surface area contributed by atoms with E-state index in [9.17, 15) is 9.59 Å². The van der Waals surface area contributed by atoms with Gasteiger partial charge in [-0.05, 0) is 43.1 Å². The van der Waals surface area contributed by atoms with Crippen LogP contribution < -0.4 is 5.56 Å². The first-order valence-electron chi connectivity index (χ1n) is 9.51. The van der Waals surface area contributed by atoms with Gasteiger partial charge in [-0.1, -0.05) is 44.7 Å². The number of methoxy groups -OCH3 is 1. The molecule has 0 N–H and O–H groups in total. The van der Waals surface area contributed by atoms with Crippen molar-refractivity contribution in [1.29, 1.82) is 0 Å². The molecule has 0 aliphatic heterocycles. The topological polar surface area (TPSA) is 61.2 Å². The molecule has 0 saturated carbocycles. The van der Waals surface area contributed by atoms with Crippen molar-refractivity contribution in [2.75, 3.05) is 12.9 Å². The van der Waals surface area contributed by atoms with Crippen molar-refractivity contribution in [3.63, 3.8) is 0 Å². The van der Waals surface area contributed by atoms with E-state index in [-0.39, 0.29) is 22.7 Å². The van der Waals surface area contributed by atoms with Crippen molar-refractivity contribution in [3.8, 4) is 0 Å². The van der Waals surface area contributed by atoms with E-state index in [2.05, 4.69) is 27.4 Å². The van der Waals surface area contributed by atoms with Crippen LogP contribution in [0.25, 0.3) is 10.2 Å². The molecule has 28 heavy (non-hydrogen) atoms. The first kappa shape index (κ1) is 21.1. The maximum atomic E-state index is 13.4. The van der Waals surface area contributed by atoms with E-state index in [1.807, 2.05) is 6.92 Å². The van der Waals surface area contributed by atoms with Gasteiger partial charge in [0.15, 0.2) is 5.16 Å². The molecular formula is C21H28N2O3S2. The molecule has 0 fully saturated rings. The number of aryl methyl sites for hydroxylation is 1. The van der Waals surface area contributed by atoms with E-state index in [1.165, 1.54) is 29.3 Å². The molecule has 1 aliphatic rings. The fourth-order valence-corrected chi connectivity index (χ4v) is 5.85. The van der Waals surface area contributed by atoms with E-state index in [4.69, 9.17) is 9.72 Å². The first-order chi connectivity index (χ1) is 13.1. The van der Waals surface area contributed by atoms with Gasteiger partial charge in [0.25, 0.3) is 5.56 Å². The van der Waals surface area contributed by atoms with Crippen LogP contribution in [-0.4, -0.2) is 28.4 Å². The zero-order chi connectivity index (χ0) is 20.6. The second-order valence-electron chi connectivity index (χ2n) is 8.60. The average Bonchev–Trinajstić information content (AvgIpc) is 2.98. The van der Waals surface area contributed by atoms with Crippen molar-refractivity contribution >= 4 is 39.3 Å². The number of nitrogens with zero attached hydrogens (tertiary/aromatic N) is 2. The van der Waals surface area contributed by atoms with Gasteiger partial charge >= 0.3 is 5.97 Å². The lowest BCUT2D eigenvalue weighted by molar-refractivity contribution is -0.137. The van der Waals surface area contributed by atoms with E-state index in [1.54, 1.807) is 15.9 Å². The van der Waals surface area contributed by atoms with Gasteiger partial charge in [-0.25, -0.2) is 4.98 Å². The van der Waals surface area contributed by atoms with Gasteiger partial charge in [-0.3, -0.25) is 14.2 Å². The summed E-state index contributed by atoms with van der Waals surface area (Å²) < 4.78 is 6.38. The molecule has 7 heteroatoms. The molecule has 0 bridgehead atoms. The molecule has 2 aromatic heterocycles. The quantitative estimate of drug-likeness (QED) is 0.309. The molecule has 1 aliphatic carbocycles. The van der Waals surface area contributed by atoms with Crippen LogP contribution in [0.2, 0.25) is 0 Å². The molecule has 3 rings (SSSR count). The smallest absolute Gasteiger partial charge is 0.316 e. The van der Waals surface area contributed by atoms with Crippen molar-refractivity contribution < 1.29 is 9.53 Å². The Labute approximate surface area is 174 Å². The number of aromatic nitrogens is 2. The van der Waals surface area contributed by atoms with E-state index in [0.717, 1.165) is 35.1 Å². The number of thiophene rings is 1. The number of carbonyl (C=O) groups excluding carboxylic acids is 1. The van der Waals surface area contributed by atoms with Crippen LogP contribution in [0.3, 0.4) is 0 Å². The van der Waals surface area contributed by atoms with Gasteiger partial charge in [0.05, 0.1) is 18.2 Å². The molecule has 0 spiro atoms. The highest BCUT2D eigenvalue weighted by Crippen LogP contribution is 2.42. The third kappa shape index (κ3) is 4.20. The molecular weight excluding hydrogens is 392 g/mol. The van der Waals surface area contributed by atoms with Crippen LogP contribution in [-0.2, 0) is 28.9 Å². The van der Waals surface area contributed by atoms with E-state index >= 15 is 0 Å². The Kier molecular flexibility index (Phi) is 6.05. The van der Waals surface area contributed by atoms with Crippen molar-refractivity contribution in [2.24, 2.45) is 11.3 Å². The molecule has 5 nitrogen and oxygen atoms in total. The molecule has 1 atom stereocenters. The number of thioether (sulfide) groups is 1. The van der Waals surface area contributed by atoms with Gasteiger partial charge in [0.1, 0.15) is 4.83 Å². The van der Waals surface area contributed by atoms with E-state index < -0.39 is 0 Å². The fourth-order valence-electron chi connectivity index (χ4n) is 3.68. The van der Waals surface area contributed by atoms with Gasteiger partial charge < -0.3 is 4.74 Å². The summed E-state index contributed by atoms with van der Waals surface area (Å²) >= 11 is 2.88. The summed E-state index contributed by atoms with van der Waals surface area (Å²) in [6, 6.07) is 0. The molecule has 2 heterocycles. The minimum Gasteiger partial charge on any atom is -0.468 e. The van der Waals surface area contributed by atoms with Crippen molar-refractivity contribution in [1.82, 2.24) is 9.55 Å². The average molecular weight is 421 g/mol. The lowest BCUT2D eigenvalue weighted by atomic mass is 9.72. The number of esters is 1. The highest BCUT2D eigenvalue weighted by Gasteiger charge is 2.32. The Morgan fingerprint density at radius 3 is 2.75 bits per heavy atom. The SMILES string of the molecule is C=C(C)Cn1c(SCC(=O)OC)nc2sc3c(c2c1=O)CC[C@H](C(C)(C)C)C3. The zero-order valence-corrected chi connectivity index (χ0v) is 18.9. The summed E-state index contributed by atoms with van der Waals surface area (Å²) in [5.74, 6) is 0.403. The second kappa shape index (κ2) is 8.03. The maximum absolute atomic E-state index is 13.4. The van der Waals surface area contributed by atoms with Crippen LogP contribution in [0.4, 0.5) is 0 Å². The van der Waals surface area contributed by atoms with Crippen LogP contribution in [0, 0.1) is 11.3 Å². The van der Waals surface area contributed by atoms with Gasteiger partial charge in [-0.15, -0.1) is 11.3 Å². The highest BCUT2D eigenvalue weighted by molar-refractivity contribution is 7.99. The number of hydrogen-bond donors (Lipinski definition) is 0. The summed E-state index contributed by atoms with van der Waals surface area (Å²) in [4.78, 5) is 31.8. The minimum absolute atomic E-state index is 0.0212. The van der Waals surface area contributed by atoms with Gasteiger partial charge in [0.2, 0.25) is 0 Å². The zero-order valence-electron chi connectivity index (χ0n) is 17.3. The number of hydrogen-bond acceptors (Lipinski definition) is 6. The second-order valence-corrected chi connectivity index (χ2v) is 10.6. The Morgan fingerprint density at radius 2 is 2.14 bits per heavy atom. The minimum atomic E-state index is -0.334. The third-order valence-electron chi connectivity index (χ3n) is 5.33. The normalized spacial score (nSPS) is 16.8. The third-order valence-corrected chi connectivity index (χ3v) is 7.43. The Balaban J connectivity index is 2.09. The van der Waals surface area contributed by atoms with E-state index in [0.29, 0.717) is 17.6 Å². The summed E-state index contributed by atoms with van der Waals surface area (Å²) in [6.07, 6.45) is 3.03. The summed E-state index contributed by atoms with van der Waals surface area (Å²) in [5, 5.41) is 1.31. The Morgan fingerprint density at radius 1 is 1.43 bits per heavy atom. The molecule has 0 saturated heterocycles. The molecule has 2 aromatic rings. The Bertz CT molecular complexity index is 982. The summed E-state index contributed by atoms with van der Waals surface area (Å²) in [5.41, 5.74) is 2.29. The van der Waals surface area contributed by atoms with Crippen LogP contribution >= 0.6 is 23.1 Å². The number of allylic oxidation sites excluding steroid dienone is 1. The number of carbonyl (C=O) groups is 1. The van der Waals surface area contributed by atoms with Crippen LogP contribution in [0.5, 0.6) is 0 Å². The van der Waals surface area contributed by atoms with Gasteiger partial charge in [-0.2, -0.15) is 0 Å². The number of fused-ring (bicyclic) bond motifs is 3. The summed E-state index contributed by atoms with van der Waals surface area (Å²) in [7, 11) is 1.36. The van der Waals surface area contributed by atoms with Crippen molar-refractivity contribution in [2.45, 2.75) is 58.7 Å². The van der Waals surface area contributed by atoms with Crippen LogP contribution in [0.1, 0.15) is 44.6 Å². The largest absolute Gasteiger partial charge is 0.468 e. The fraction of sp³-hybridized carbons (Fsp3) is 0.571. The summed E-state index contributed by atoms with van der Waals surface area (Å²) in [6.45, 7) is 13.1. The monoisotopic (exact) mass is 420 g/mol. The maximum Gasteiger partial charge on any atom is 0.316 e. The Hall–Kier alpha value is -1.60. The predicted octanol–water partition coefficient (Wildman–Crippen LogP) is 4.45.